The lowest BCUT2D eigenvalue weighted by atomic mass is 10.0. The van der Waals surface area contributed by atoms with E-state index >= 15 is 0 Å². The molecule has 0 N–H and O–H groups in total. The van der Waals surface area contributed by atoms with E-state index in [4.69, 9.17) is 14.2 Å². The van der Waals surface area contributed by atoms with Gasteiger partial charge in [-0.05, 0) is 0 Å². The Morgan fingerprint density at radius 2 is 2.20 bits per heavy atom. The number of ether oxygens (including phenoxy) is 3. The van der Waals surface area contributed by atoms with Gasteiger partial charge in [0.2, 0.25) is 0 Å². The molecule has 2 rings (SSSR count). The van der Waals surface area contributed by atoms with Gasteiger partial charge in [0.15, 0.2) is 0 Å². The molecule has 2 fully saturated rings. The van der Waals surface area contributed by atoms with Crippen LogP contribution in [0.1, 0.15) is 0 Å². The van der Waals surface area contributed by atoms with Crippen LogP contribution >= 0.6 is 0 Å². The van der Waals surface area contributed by atoms with Gasteiger partial charge in [-0.15, -0.1) is 0 Å². The maximum atomic E-state index is 5.43. The van der Waals surface area contributed by atoms with Crippen LogP contribution in [-0.2, 0) is 14.2 Å². The Morgan fingerprint density at radius 3 is 3.00 bits per heavy atom. The molecule has 2 heterocycles. The summed E-state index contributed by atoms with van der Waals surface area (Å²) in [4.78, 5) is 0. The van der Waals surface area contributed by atoms with E-state index in [0.29, 0.717) is 12.0 Å². The summed E-state index contributed by atoms with van der Waals surface area (Å²) in [6.07, 6.45) is 0.581. The molecule has 0 spiro atoms. The highest BCUT2D eigenvalue weighted by Gasteiger charge is 2.41. The zero-order valence-electron chi connectivity index (χ0n) is 6.08. The molecule has 0 bridgehead atoms. The topological polar surface area (TPSA) is 27.7 Å². The molecule has 0 aromatic heterocycles. The Morgan fingerprint density at radius 1 is 1.30 bits per heavy atom. The average Bonchev–Trinajstić information content (AvgIpc) is 2.44. The van der Waals surface area contributed by atoms with Gasteiger partial charge in [0.25, 0.3) is 0 Å². The minimum absolute atomic E-state index is 0.271. The van der Waals surface area contributed by atoms with E-state index in [-0.39, 0.29) is 6.10 Å². The Kier molecular flexibility index (Phi) is 1.64. The van der Waals surface area contributed by atoms with Crippen molar-refractivity contribution in [1.82, 2.24) is 0 Å². The number of hydrogen-bond donors (Lipinski definition) is 0. The van der Waals surface area contributed by atoms with Gasteiger partial charge >= 0.3 is 0 Å². The predicted octanol–water partition coefficient (Wildman–Crippen LogP) is 0.0466. The van der Waals surface area contributed by atoms with Crippen molar-refractivity contribution in [2.75, 3.05) is 26.9 Å². The van der Waals surface area contributed by atoms with Crippen molar-refractivity contribution in [3.63, 3.8) is 0 Å². The van der Waals surface area contributed by atoms with E-state index in [1.54, 1.807) is 7.11 Å². The maximum absolute atomic E-state index is 5.43. The fraction of sp³-hybridized carbons (Fsp3) is 1.00. The second-order valence-corrected chi connectivity index (χ2v) is 2.85. The van der Waals surface area contributed by atoms with Crippen LogP contribution in [0.2, 0.25) is 0 Å². The molecule has 2 aliphatic rings. The molecule has 2 saturated heterocycles. The van der Waals surface area contributed by atoms with Crippen molar-refractivity contribution in [1.29, 1.82) is 0 Å². The minimum atomic E-state index is 0.271. The van der Waals surface area contributed by atoms with Gasteiger partial charge in [0.1, 0.15) is 0 Å². The van der Waals surface area contributed by atoms with Crippen LogP contribution in [0, 0.1) is 5.92 Å². The Bertz CT molecular complexity index is 126. The molecule has 0 unspecified atom stereocenters. The first kappa shape index (κ1) is 6.58. The third-order valence-corrected chi connectivity index (χ3v) is 2.32. The summed E-state index contributed by atoms with van der Waals surface area (Å²) in [6, 6.07) is 0. The summed E-state index contributed by atoms with van der Waals surface area (Å²) in [6.45, 7) is 2.31. The molecule has 58 valence electrons. The summed E-state index contributed by atoms with van der Waals surface area (Å²) in [7, 11) is 1.73. The first-order chi connectivity index (χ1) is 4.92. The van der Waals surface area contributed by atoms with Gasteiger partial charge < -0.3 is 14.2 Å². The molecule has 0 saturated carbocycles. The predicted molar refractivity (Wildman–Crippen MR) is 34.8 cm³/mol. The molecular weight excluding hydrogens is 132 g/mol. The summed E-state index contributed by atoms with van der Waals surface area (Å²) in [5, 5.41) is 0. The highest BCUT2D eigenvalue weighted by Crippen LogP contribution is 2.28. The number of fused-ring (bicyclic) bond motifs is 1. The van der Waals surface area contributed by atoms with Crippen molar-refractivity contribution in [2.45, 2.75) is 12.2 Å². The average molecular weight is 144 g/mol. The summed E-state index contributed by atoms with van der Waals surface area (Å²) < 4.78 is 15.9. The summed E-state index contributed by atoms with van der Waals surface area (Å²) in [5.74, 6) is 0.491. The normalized spacial score (nSPS) is 45.9. The third-order valence-electron chi connectivity index (χ3n) is 2.32. The number of hydrogen-bond acceptors (Lipinski definition) is 3. The van der Waals surface area contributed by atoms with Gasteiger partial charge in [-0.1, -0.05) is 0 Å². The molecule has 10 heavy (non-hydrogen) atoms. The van der Waals surface area contributed by atoms with Gasteiger partial charge in [-0.3, -0.25) is 0 Å². The molecule has 0 aliphatic carbocycles. The van der Waals surface area contributed by atoms with Crippen LogP contribution < -0.4 is 0 Å². The lowest BCUT2D eigenvalue weighted by Crippen LogP contribution is -2.24. The SMILES string of the molecule is CO[C@@H]1CO[C@@H]2COC[C@H]12. The van der Waals surface area contributed by atoms with Gasteiger partial charge in [-0.25, -0.2) is 0 Å². The lowest BCUT2D eigenvalue weighted by Gasteiger charge is -2.11. The van der Waals surface area contributed by atoms with Gasteiger partial charge in [0, 0.05) is 13.0 Å². The van der Waals surface area contributed by atoms with Crippen molar-refractivity contribution < 1.29 is 14.2 Å². The molecule has 0 aromatic rings. The van der Waals surface area contributed by atoms with Crippen molar-refractivity contribution >= 4 is 0 Å². The first-order valence-electron chi connectivity index (χ1n) is 3.64. The molecular formula is C7H12O3. The van der Waals surface area contributed by atoms with Crippen molar-refractivity contribution in [3.8, 4) is 0 Å². The Hall–Kier alpha value is -0.120. The van der Waals surface area contributed by atoms with Gasteiger partial charge in [0.05, 0.1) is 32.0 Å². The van der Waals surface area contributed by atoms with E-state index in [1.165, 1.54) is 0 Å². The highest BCUT2D eigenvalue weighted by molar-refractivity contribution is 4.87. The Labute approximate surface area is 60.3 Å². The van der Waals surface area contributed by atoms with E-state index < -0.39 is 0 Å². The fourth-order valence-corrected chi connectivity index (χ4v) is 1.65. The number of methoxy groups -OCH3 is 1. The van der Waals surface area contributed by atoms with Crippen molar-refractivity contribution in [2.24, 2.45) is 5.92 Å². The summed E-state index contributed by atoms with van der Waals surface area (Å²) >= 11 is 0. The van der Waals surface area contributed by atoms with Gasteiger partial charge in [-0.2, -0.15) is 0 Å². The van der Waals surface area contributed by atoms with Crippen LogP contribution in [-0.4, -0.2) is 39.1 Å². The molecule has 0 aromatic carbocycles. The van der Waals surface area contributed by atoms with E-state index in [2.05, 4.69) is 0 Å². The standard InChI is InChI=1S/C7H12O3/c1-8-6-4-10-7-3-9-2-5(6)7/h5-7H,2-4H2,1H3/t5-,6-,7-/m1/s1. The second-order valence-electron chi connectivity index (χ2n) is 2.85. The number of rotatable bonds is 1. The molecule has 3 nitrogen and oxygen atoms in total. The monoisotopic (exact) mass is 144 g/mol. The third kappa shape index (κ3) is 0.856. The fourth-order valence-electron chi connectivity index (χ4n) is 1.65. The van der Waals surface area contributed by atoms with Crippen LogP contribution in [0.15, 0.2) is 0 Å². The minimum Gasteiger partial charge on any atom is -0.379 e. The largest absolute Gasteiger partial charge is 0.379 e. The van der Waals surface area contributed by atoms with Crippen LogP contribution in [0.4, 0.5) is 0 Å². The molecule has 0 amide bonds. The maximum Gasteiger partial charge on any atom is 0.0885 e. The van der Waals surface area contributed by atoms with Crippen molar-refractivity contribution in [3.05, 3.63) is 0 Å². The summed E-state index contributed by atoms with van der Waals surface area (Å²) in [5.41, 5.74) is 0. The quantitative estimate of drug-likeness (QED) is 0.520. The zero-order chi connectivity index (χ0) is 6.97. The highest BCUT2D eigenvalue weighted by atomic mass is 16.6. The molecule has 3 atom stereocenters. The van der Waals surface area contributed by atoms with Crippen LogP contribution in [0.3, 0.4) is 0 Å². The van der Waals surface area contributed by atoms with E-state index in [0.717, 1.165) is 19.8 Å². The second kappa shape index (κ2) is 2.49. The zero-order valence-corrected chi connectivity index (χ0v) is 6.08. The molecule has 2 aliphatic heterocycles. The lowest BCUT2D eigenvalue weighted by molar-refractivity contribution is 0.0243. The molecule has 0 radical (unpaired) electrons. The molecule has 3 heteroatoms. The first-order valence-corrected chi connectivity index (χ1v) is 3.64. The van der Waals surface area contributed by atoms with Crippen LogP contribution in [0.25, 0.3) is 0 Å². The van der Waals surface area contributed by atoms with E-state index in [9.17, 15) is 0 Å². The van der Waals surface area contributed by atoms with Crippen LogP contribution in [0.5, 0.6) is 0 Å². The smallest absolute Gasteiger partial charge is 0.0885 e. The van der Waals surface area contributed by atoms with E-state index in [1.807, 2.05) is 0 Å². The Balaban J connectivity index is 2.01.